The molecule has 1 amide bonds. The molecular formula is C17H17N5O2. The molecule has 2 heterocycles. The van der Waals surface area contributed by atoms with Crippen LogP contribution >= 0.6 is 0 Å². The minimum absolute atomic E-state index is 0.180. The van der Waals surface area contributed by atoms with Gasteiger partial charge in [-0.05, 0) is 18.6 Å². The Morgan fingerprint density at radius 1 is 1.25 bits per heavy atom. The number of aromatic nitrogens is 3. The largest absolute Gasteiger partial charge is 0.360 e. The molecule has 24 heavy (non-hydrogen) atoms. The maximum absolute atomic E-state index is 12.5. The molecule has 3 aromatic rings. The summed E-state index contributed by atoms with van der Waals surface area (Å²) in [6.07, 6.45) is 1.53. The number of anilines is 2. The molecule has 7 heteroatoms. The lowest BCUT2D eigenvalue weighted by Crippen LogP contribution is -2.27. The third kappa shape index (κ3) is 3.75. The highest BCUT2D eigenvalue weighted by Gasteiger charge is 2.15. The number of carbonyl (C=O) groups excluding carboxylic acids is 1. The number of hydrogen-bond acceptors (Lipinski definition) is 6. The van der Waals surface area contributed by atoms with Crippen LogP contribution in [-0.2, 0) is 6.54 Å². The van der Waals surface area contributed by atoms with E-state index in [9.17, 15) is 4.79 Å². The highest BCUT2D eigenvalue weighted by Crippen LogP contribution is 2.13. The molecule has 0 spiro atoms. The number of rotatable bonds is 5. The quantitative estimate of drug-likeness (QED) is 0.777. The fourth-order valence-corrected chi connectivity index (χ4v) is 2.20. The number of hydrogen-bond donors (Lipinski definition) is 1. The normalized spacial score (nSPS) is 10.4. The summed E-state index contributed by atoms with van der Waals surface area (Å²) in [7, 11) is 1.74. The van der Waals surface area contributed by atoms with Crippen molar-refractivity contribution in [3.8, 4) is 0 Å². The van der Waals surface area contributed by atoms with Gasteiger partial charge in [0.05, 0.1) is 0 Å². The molecule has 7 nitrogen and oxygen atoms in total. The molecule has 0 aliphatic heterocycles. The van der Waals surface area contributed by atoms with Crippen molar-refractivity contribution >= 4 is 17.7 Å². The van der Waals surface area contributed by atoms with Crippen LogP contribution in [0, 0.1) is 6.92 Å². The fourth-order valence-electron chi connectivity index (χ4n) is 2.20. The van der Waals surface area contributed by atoms with Gasteiger partial charge in [0, 0.05) is 25.9 Å². The summed E-state index contributed by atoms with van der Waals surface area (Å²) >= 11 is 0. The van der Waals surface area contributed by atoms with E-state index < -0.39 is 0 Å². The number of aryl methyl sites for hydroxylation is 1. The summed E-state index contributed by atoms with van der Waals surface area (Å²) < 4.78 is 4.98. The molecule has 0 aliphatic rings. The van der Waals surface area contributed by atoms with Crippen molar-refractivity contribution in [1.29, 1.82) is 0 Å². The molecule has 0 unspecified atom stereocenters. The molecule has 0 radical (unpaired) electrons. The van der Waals surface area contributed by atoms with Gasteiger partial charge < -0.3 is 14.7 Å². The van der Waals surface area contributed by atoms with Gasteiger partial charge in [0.1, 0.15) is 11.5 Å². The molecule has 0 saturated heterocycles. The van der Waals surface area contributed by atoms with Crippen molar-refractivity contribution in [2.45, 2.75) is 13.5 Å². The predicted octanol–water partition coefficient (Wildman–Crippen LogP) is 2.79. The fraction of sp³-hybridized carbons (Fsp3) is 0.176. The average Bonchev–Trinajstić information content (AvgIpc) is 3.00. The van der Waals surface area contributed by atoms with Crippen molar-refractivity contribution in [3.05, 3.63) is 65.7 Å². The molecule has 1 N–H and O–H groups in total. The minimum atomic E-state index is -0.180. The van der Waals surface area contributed by atoms with E-state index in [4.69, 9.17) is 4.52 Å². The molecule has 2 aromatic heterocycles. The predicted molar refractivity (Wildman–Crippen MR) is 88.8 cm³/mol. The van der Waals surface area contributed by atoms with Crippen LogP contribution in [0.1, 0.15) is 21.8 Å². The number of nitrogens with one attached hydrogen (secondary N) is 1. The Labute approximate surface area is 139 Å². The van der Waals surface area contributed by atoms with Crippen molar-refractivity contribution in [1.82, 2.24) is 20.0 Å². The number of nitrogens with zero attached hydrogens (tertiary/aromatic N) is 4. The lowest BCUT2D eigenvalue weighted by molar-refractivity contribution is 0.0779. The number of amides is 1. The van der Waals surface area contributed by atoms with Crippen LogP contribution in [0.5, 0.6) is 0 Å². The van der Waals surface area contributed by atoms with Gasteiger partial charge >= 0.3 is 0 Å². The van der Waals surface area contributed by atoms with E-state index in [2.05, 4.69) is 20.4 Å². The van der Waals surface area contributed by atoms with Gasteiger partial charge in [0.15, 0.2) is 5.82 Å². The van der Waals surface area contributed by atoms with Crippen LogP contribution in [0.15, 0.2) is 53.2 Å². The van der Waals surface area contributed by atoms with Gasteiger partial charge in [-0.15, -0.1) is 0 Å². The van der Waals surface area contributed by atoms with Crippen LogP contribution in [0.4, 0.5) is 11.8 Å². The van der Waals surface area contributed by atoms with E-state index in [-0.39, 0.29) is 5.91 Å². The Kier molecular flexibility index (Phi) is 4.51. The first-order valence-electron chi connectivity index (χ1n) is 7.44. The summed E-state index contributed by atoms with van der Waals surface area (Å²) in [4.78, 5) is 22.5. The molecule has 3 rings (SSSR count). The number of carbonyl (C=O) groups is 1. The zero-order valence-electron chi connectivity index (χ0n) is 13.4. The Bertz CT molecular complexity index is 832. The molecule has 122 valence electrons. The van der Waals surface area contributed by atoms with Crippen LogP contribution in [0.3, 0.4) is 0 Å². The first-order chi connectivity index (χ1) is 11.6. The molecular weight excluding hydrogens is 306 g/mol. The van der Waals surface area contributed by atoms with Gasteiger partial charge in [-0.25, -0.2) is 9.97 Å². The van der Waals surface area contributed by atoms with Crippen LogP contribution in [0.25, 0.3) is 0 Å². The maximum Gasteiger partial charge on any atom is 0.272 e. The highest BCUT2D eigenvalue weighted by atomic mass is 16.5. The Morgan fingerprint density at radius 2 is 2.04 bits per heavy atom. The summed E-state index contributed by atoms with van der Waals surface area (Å²) in [5.74, 6) is 1.28. The summed E-state index contributed by atoms with van der Waals surface area (Å²) in [6.45, 7) is 2.30. The zero-order chi connectivity index (χ0) is 16.9. The van der Waals surface area contributed by atoms with E-state index in [1.54, 1.807) is 31.0 Å². The molecule has 0 atom stereocenters. The van der Waals surface area contributed by atoms with Gasteiger partial charge in [-0.1, -0.05) is 35.5 Å². The van der Waals surface area contributed by atoms with E-state index >= 15 is 0 Å². The van der Waals surface area contributed by atoms with E-state index in [0.717, 1.165) is 5.56 Å². The molecule has 0 bridgehead atoms. The van der Waals surface area contributed by atoms with Crippen LogP contribution in [0.2, 0.25) is 0 Å². The zero-order valence-corrected chi connectivity index (χ0v) is 13.4. The minimum Gasteiger partial charge on any atom is -0.360 e. The third-order valence-electron chi connectivity index (χ3n) is 3.35. The molecule has 0 fully saturated rings. The second-order valence-electron chi connectivity index (χ2n) is 5.36. The van der Waals surface area contributed by atoms with Gasteiger partial charge in [-0.2, -0.15) is 0 Å². The van der Waals surface area contributed by atoms with Crippen LogP contribution in [-0.4, -0.2) is 33.0 Å². The van der Waals surface area contributed by atoms with Crippen LogP contribution < -0.4 is 5.32 Å². The second kappa shape index (κ2) is 6.91. The first-order valence-corrected chi connectivity index (χ1v) is 7.44. The van der Waals surface area contributed by atoms with Crippen molar-refractivity contribution in [3.63, 3.8) is 0 Å². The third-order valence-corrected chi connectivity index (χ3v) is 3.35. The monoisotopic (exact) mass is 323 g/mol. The molecule has 0 saturated carbocycles. The lowest BCUT2D eigenvalue weighted by atomic mass is 10.2. The maximum atomic E-state index is 12.5. The van der Waals surface area contributed by atoms with E-state index in [1.807, 2.05) is 30.3 Å². The highest BCUT2D eigenvalue weighted by molar-refractivity contribution is 5.92. The summed E-state index contributed by atoms with van der Waals surface area (Å²) in [6, 6.07) is 13.1. The summed E-state index contributed by atoms with van der Waals surface area (Å²) in [5.41, 5.74) is 1.37. The van der Waals surface area contributed by atoms with Gasteiger partial charge in [0.25, 0.3) is 5.91 Å². The Balaban J connectivity index is 1.71. The second-order valence-corrected chi connectivity index (χ2v) is 5.36. The van der Waals surface area contributed by atoms with Crippen molar-refractivity contribution < 1.29 is 9.32 Å². The van der Waals surface area contributed by atoms with Crippen molar-refractivity contribution in [2.24, 2.45) is 0 Å². The lowest BCUT2D eigenvalue weighted by Gasteiger charge is -2.17. The topological polar surface area (TPSA) is 84.2 Å². The molecule has 0 aliphatic carbocycles. The standard InChI is InChI=1S/C17H17N5O2/c1-12-10-15(21-24-12)20-17-18-9-8-14(19-17)16(23)22(2)11-13-6-4-3-5-7-13/h3-10H,11H2,1-2H3,(H,18,19,20,21). The van der Waals surface area contributed by atoms with Crippen molar-refractivity contribution in [2.75, 3.05) is 12.4 Å². The summed E-state index contributed by atoms with van der Waals surface area (Å²) in [5, 5.41) is 6.73. The van der Waals surface area contributed by atoms with Gasteiger partial charge in [0.2, 0.25) is 5.95 Å². The first kappa shape index (κ1) is 15.7. The van der Waals surface area contributed by atoms with Gasteiger partial charge in [-0.3, -0.25) is 4.79 Å². The average molecular weight is 323 g/mol. The molecule has 1 aromatic carbocycles. The van der Waals surface area contributed by atoms with E-state index in [1.165, 1.54) is 6.20 Å². The Morgan fingerprint density at radius 3 is 2.75 bits per heavy atom. The Hall–Kier alpha value is -3.22. The van der Waals surface area contributed by atoms with E-state index in [0.29, 0.717) is 29.8 Å². The number of benzene rings is 1. The smallest absolute Gasteiger partial charge is 0.272 e. The SMILES string of the molecule is Cc1cc(Nc2nccc(C(=O)N(C)Cc3ccccc3)n2)no1.